The molecule has 1 aliphatic heterocycles. The summed E-state index contributed by atoms with van der Waals surface area (Å²) in [7, 11) is 0. The third kappa shape index (κ3) is 6.46. The van der Waals surface area contributed by atoms with Crippen molar-refractivity contribution in [3.8, 4) is 0 Å². The predicted molar refractivity (Wildman–Crippen MR) is 132 cm³/mol. The summed E-state index contributed by atoms with van der Waals surface area (Å²) in [6, 6.07) is 7.62. The van der Waals surface area contributed by atoms with Gasteiger partial charge in [0.1, 0.15) is 12.4 Å². The summed E-state index contributed by atoms with van der Waals surface area (Å²) in [6.45, 7) is 4.62. The number of piperidine rings is 1. The van der Waals surface area contributed by atoms with E-state index in [1.165, 1.54) is 22.5 Å². The molecule has 0 bridgehead atoms. The Bertz CT molecular complexity index is 1130. The predicted octanol–water partition coefficient (Wildman–Crippen LogP) is 4.04. The van der Waals surface area contributed by atoms with Crippen molar-refractivity contribution < 1.29 is 23.5 Å². The van der Waals surface area contributed by atoms with Crippen LogP contribution in [0.25, 0.3) is 6.08 Å². The molecule has 7 nitrogen and oxygen atoms in total. The molecular formula is C26H30FN3O4S. The molecule has 0 radical (unpaired) electrons. The van der Waals surface area contributed by atoms with Crippen molar-refractivity contribution in [3.63, 3.8) is 0 Å². The molecule has 2 aromatic rings. The summed E-state index contributed by atoms with van der Waals surface area (Å²) in [6.07, 6.45) is 5.97. The Hall–Kier alpha value is -2.78. The van der Waals surface area contributed by atoms with Crippen LogP contribution in [-0.4, -0.2) is 56.5 Å². The zero-order valence-corrected chi connectivity index (χ0v) is 20.8. The van der Waals surface area contributed by atoms with E-state index in [1.807, 2.05) is 11.0 Å². The number of ether oxygens (including phenoxy) is 1. The smallest absolute Gasteiger partial charge is 0.327 e. The number of benzene rings is 1. The van der Waals surface area contributed by atoms with Crippen molar-refractivity contribution in [2.45, 2.75) is 50.9 Å². The summed E-state index contributed by atoms with van der Waals surface area (Å²) < 4.78 is 21.3. The highest BCUT2D eigenvalue weighted by atomic mass is 32.2. The molecule has 2 fully saturated rings. The van der Waals surface area contributed by atoms with Gasteiger partial charge in [-0.3, -0.25) is 24.0 Å². The van der Waals surface area contributed by atoms with E-state index < -0.39 is 6.04 Å². The molecule has 2 atom stereocenters. The van der Waals surface area contributed by atoms with E-state index in [4.69, 9.17) is 4.74 Å². The second-order valence-electron chi connectivity index (χ2n) is 8.92. The molecule has 0 spiro atoms. The number of likely N-dealkylation sites (tertiary alicyclic amines) is 1. The summed E-state index contributed by atoms with van der Waals surface area (Å²) >= 11 is 1.26. The van der Waals surface area contributed by atoms with Gasteiger partial charge in [0.15, 0.2) is 10.9 Å². The van der Waals surface area contributed by atoms with Crippen molar-refractivity contribution >= 4 is 34.7 Å². The molecule has 2 aliphatic rings. The fourth-order valence-electron chi connectivity index (χ4n) is 4.47. The van der Waals surface area contributed by atoms with Crippen molar-refractivity contribution in [1.82, 2.24) is 14.7 Å². The first-order valence-corrected chi connectivity index (χ1v) is 12.8. The lowest BCUT2D eigenvalue weighted by Crippen LogP contribution is -2.43. The lowest BCUT2D eigenvalue weighted by molar-refractivity contribution is -0.144. The minimum atomic E-state index is -0.656. The Kier molecular flexibility index (Phi) is 8.18. The van der Waals surface area contributed by atoms with E-state index in [2.05, 4.69) is 5.10 Å². The molecule has 2 heterocycles. The van der Waals surface area contributed by atoms with Crippen molar-refractivity contribution in [2.75, 3.05) is 19.7 Å². The van der Waals surface area contributed by atoms with Gasteiger partial charge in [-0.25, -0.2) is 4.39 Å². The van der Waals surface area contributed by atoms with Gasteiger partial charge in [0.25, 0.3) is 0 Å². The minimum absolute atomic E-state index is 0.0139. The number of Topliss-reactive ketones (excluding diaryl/α,β-unsaturated/α-hetero) is 1. The fourth-order valence-corrected chi connectivity index (χ4v) is 5.38. The molecule has 1 aromatic heterocycles. The van der Waals surface area contributed by atoms with E-state index in [1.54, 1.807) is 44.3 Å². The number of halogens is 1. The molecule has 1 saturated carbocycles. The first-order valence-electron chi connectivity index (χ1n) is 11.9. The zero-order chi connectivity index (χ0) is 24.9. The van der Waals surface area contributed by atoms with Crippen LogP contribution in [0.15, 0.2) is 42.1 Å². The number of carbonyl (C=O) groups is 3. The van der Waals surface area contributed by atoms with Gasteiger partial charge in [-0.2, -0.15) is 5.10 Å². The normalized spacial score (nSPS) is 20.5. The first-order chi connectivity index (χ1) is 16.9. The van der Waals surface area contributed by atoms with Crippen molar-refractivity contribution in [3.05, 3.63) is 59.2 Å². The molecule has 1 aliphatic carbocycles. The molecule has 0 amide bonds. The van der Waals surface area contributed by atoms with Crippen LogP contribution in [0.5, 0.6) is 0 Å². The Balaban J connectivity index is 1.61. The third-order valence-corrected chi connectivity index (χ3v) is 7.35. The molecule has 0 N–H and O–H groups in total. The average Bonchev–Trinajstić information content (AvgIpc) is 3.58. The maximum Gasteiger partial charge on any atom is 0.327 e. The Labute approximate surface area is 208 Å². The van der Waals surface area contributed by atoms with Crippen LogP contribution in [0, 0.1) is 11.7 Å². The summed E-state index contributed by atoms with van der Waals surface area (Å²) in [5, 5.41) is 4.41. The number of nitrogens with zero attached hydrogens (tertiary/aromatic N) is 3. The van der Waals surface area contributed by atoms with E-state index in [-0.39, 0.29) is 40.4 Å². The van der Waals surface area contributed by atoms with Gasteiger partial charge in [-0.15, -0.1) is 0 Å². The first kappa shape index (κ1) is 25.3. The monoisotopic (exact) mass is 499 g/mol. The molecule has 186 valence electrons. The highest BCUT2D eigenvalue weighted by molar-refractivity contribution is 8.14. The van der Waals surface area contributed by atoms with Crippen LogP contribution in [-0.2, 0) is 25.7 Å². The lowest BCUT2D eigenvalue weighted by Gasteiger charge is -2.38. The van der Waals surface area contributed by atoms with E-state index in [0.29, 0.717) is 37.4 Å². The largest absolute Gasteiger partial charge is 0.465 e. The highest BCUT2D eigenvalue weighted by Gasteiger charge is 2.41. The van der Waals surface area contributed by atoms with Gasteiger partial charge < -0.3 is 4.74 Å². The van der Waals surface area contributed by atoms with Crippen molar-refractivity contribution in [1.29, 1.82) is 0 Å². The zero-order valence-electron chi connectivity index (χ0n) is 20.0. The number of carbonyl (C=O) groups excluding carboxylic acids is 3. The molecule has 1 aromatic carbocycles. The van der Waals surface area contributed by atoms with Crippen molar-refractivity contribution in [2.24, 2.45) is 5.92 Å². The molecule has 35 heavy (non-hydrogen) atoms. The Morgan fingerprint density at radius 2 is 2.00 bits per heavy atom. The number of thioether (sulfide) groups is 1. The number of ketones is 1. The molecule has 4 rings (SSSR count). The average molecular weight is 500 g/mol. The number of hydrogen-bond donors (Lipinski definition) is 0. The van der Waals surface area contributed by atoms with Crippen LogP contribution < -0.4 is 0 Å². The third-order valence-electron chi connectivity index (χ3n) is 6.19. The summed E-state index contributed by atoms with van der Waals surface area (Å²) in [5.74, 6) is -0.703. The van der Waals surface area contributed by atoms with E-state index in [9.17, 15) is 18.8 Å². The number of rotatable bonds is 9. The number of esters is 1. The molecule has 1 saturated heterocycles. The van der Waals surface area contributed by atoms with Crippen LogP contribution in [0.1, 0.15) is 50.4 Å². The van der Waals surface area contributed by atoms with E-state index in [0.717, 1.165) is 18.4 Å². The molecule has 9 heteroatoms. The van der Waals surface area contributed by atoms with Crippen LogP contribution in [0.4, 0.5) is 4.39 Å². The summed E-state index contributed by atoms with van der Waals surface area (Å²) in [5.41, 5.74) is 2.00. The van der Waals surface area contributed by atoms with Crippen LogP contribution in [0.2, 0.25) is 0 Å². The van der Waals surface area contributed by atoms with Gasteiger partial charge in [-0.05, 0) is 50.0 Å². The van der Waals surface area contributed by atoms with Gasteiger partial charge in [-0.1, -0.05) is 30.0 Å². The SMILES string of the molecule is CCOC(=O)Cn1ccc(C=C2CN(C(C(=O)C3CC3)c3ccccc3F)CCC2SC(C)=O)n1. The fraction of sp³-hybridized carbons (Fsp3) is 0.462. The highest BCUT2D eigenvalue weighted by Crippen LogP contribution is 2.40. The maximum absolute atomic E-state index is 14.8. The molecular weight excluding hydrogens is 469 g/mol. The second-order valence-corrected chi connectivity index (χ2v) is 10.3. The Morgan fingerprint density at radius 1 is 1.23 bits per heavy atom. The van der Waals surface area contributed by atoms with Crippen LogP contribution >= 0.6 is 11.8 Å². The van der Waals surface area contributed by atoms with Gasteiger partial charge in [0.2, 0.25) is 0 Å². The standard InChI is InChI=1S/C26H30FN3O4S/c1-3-34-24(32)16-30-13-10-20(28-30)14-19-15-29(12-11-23(19)35-17(2)31)25(26(33)18-8-9-18)21-6-4-5-7-22(21)27/h4-7,10,13-14,18,23,25H,3,8-9,11-12,15-16H2,1-2H3. The number of aromatic nitrogens is 2. The number of hydrogen-bond acceptors (Lipinski definition) is 7. The minimum Gasteiger partial charge on any atom is -0.465 e. The quantitative estimate of drug-likeness (QED) is 0.482. The maximum atomic E-state index is 14.8. The van der Waals surface area contributed by atoms with Gasteiger partial charge in [0, 0.05) is 42.9 Å². The molecule has 2 unspecified atom stereocenters. The Morgan fingerprint density at radius 3 is 2.69 bits per heavy atom. The summed E-state index contributed by atoms with van der Waals surface area (Å²) in [4.78, 5) is 39.0. The topological polar surface area (TPSA) is 81.5 Å². The second kappa shape index (κ2) is 11.3. The lowest BCUT2D eigenvalue weighted by atomic mass is 9.93. The van der Waals surface area contributed by atoms with Crippen LogP contribution in [0.3, 0.4) is 0 Å². The van der Waals surface area contributed by atoms with Gasteiger partial charge in [0.05, 0.1) is 18.3 Å². The van der Waals surface area contributed by atoms with Gasteiger partial charge >= 0.3 is 5.97 Å². The van der Waals surface area contributed by atoms with E-state index >= 15 is 0 Å².